The van der Waals surface area contributed by atoms with Crippen LogP contribution in [0.3, 0.4) is 0 Å². The van der Waals surface area contributed by atoms with Crippen molar-refractivity contribution >= 4 is 0 Å². The molecule has 0 fully saturated rings. The molecule has 0 aromatic carbocycles. The molecule has 1 N–H and O–H groups in total. The molecule has 1 aliphatic rings. The van der Waals surface area contributed by atoms with E-state index in [-0.39, 0.29) is 0 Å². The molecule has 0 bridgehead atoms. The first-order valence-electron chi connectivity index (χ1n) is 6.57. The lowest BCUT2D eigenvalue weighted by Crippen LogP contribution is -2.26. The summed E-state index contributed by atoms with van der Waals surface area (Å²) >= 11 is 0. The number of hydrogen-bond donors (Lipinski definition) is 1. The normalized spacial score (nSPS) is 19.8. The first-order valence-corrected chi connectivity index (χ1v) is 6.57. The molecule has 16 heavy (non-hydrogen) atoms. The van der Waals surface area contributed by atoms with Crippen LogP contribution in [0.1, 0.15) is 56.3 Å². The van der Waals surface area contributed by atoms with Gasteiger partial charge in [0.25, 0.3) is 0 Å². The van der Waals surface area contributed by atoms with Crippen LogP contribution in [0.2, 0.25) is 0 Å². The van der Waals surface area contributed by atoms with Crippen molar-refractivity contribution in [3.05, 3.63) is 17.5 Å². The van der Waals surface area contributed by atoms with Gasteiger partial charge in [-0.2, -0.15) is 5.10 Å². The number of nitrogens with one attached hydrogen (secondary N) is 1. The fourth-order valence-electron chi connectivity index (χ4n) is 2.57. The summed E-state index contributed by atoms with van der Waals surface area (Å²) in [4.78, 5) is 0. The summed E-state index contributed by atoms with van der Waals surface area (Å²) in [6.45, 7) is 3.40. The third-order valence-electron chi connectivity index (χ3n) is 3.55. The molecule has 0 saturated carbocycles. The van der Waals surface area contributed by atoms with Crippen LogP contribution in [0, 0.1) is 0 Å². The van der Waals surface area contributed by atoms with E-state index in [2.05, 4.69) is 24.4 Å². The molecule has 3 heteroatoms. The summed E-state index contributed by atoms with van der Waals surface area (Å²) in [6, 6.07) is 0.550. The summed E-state index contributed by atoms with van der Waals surface area (Å²) in [5.74, 6) is 0. The Morgan fingerprint density at radius 2 is 2.38 bits per heavy atom. The van der Waals surface area contributed by atoms with Gasteiger partial charge in [0.2, 0.25) is 0 Å². The van der Waals surface area contributed by atoms with Crippen LogP contribution in [-0.4, -0.2) is 16.3 Å². The van der Waals surface area contributed by atoms with E-state index in [1.165, 1.54) is 49.8 Å². The zero-order chi connectivity index (χ0) is 11.4. The Hall–Kier alpha value is -0.830. The second-order valence-corrected chi connectivity index (χ2v) is 4.78. The van der Waals surface area contributed by atoms with Crippen molar-refractivity contribution in [2.45, 2.75) is 51.5 Å². The van der Waals surface area contributed by atoms with Crippen LogP contribution in [-0.2, 0) is 13.5 Å². The smallest absolute Gasteiger partial charge is 0.0540 e. The Labute approximate surface area is 98.2 Å². The van der Waals surface area contributed by atoms with Crippen LogP contribution < -0.4 is 5.32 Å². The monoisotopic (exact) mass is 221 g/mol. The van der Waals surface area contributed by atoms with Gasteiger partial charge in [-0.15, -0.1) is 0 Å². The van der Waals surface area contributed by atoms with Crippen LogP contribution >= 0.6 is 0 Å². The maximum atomic E-state index is 4.37. The Kier molecular flexibility index (Phi) is 3.99. The summed E-state index contributed by atoms with van der Waals surface area (Å²) < 4.78 is 2.04. The minimum absolute atomic E-state index is 0.550. The lowest BCUT2D eigenvalue weighted by molar-refractivity contribution is 0.445. The third-order valence-corrected chi connectivity index (χ3v) is 3.55. The minimum atomic E-state index is 0.550. The molecule has 90 valence electrons. The van der Waals surface area contributed by atoms with Gasteiger partial charge < -0.3 is 5.32 Å². The molecule has 0 saturated heterocycles. The minimum Gasteiger partial charge on any atom is -0.310 e. The molecule has 2 rings (SSSR count). The van der Waals surface area contributed by atoms with E-state index in [1.807, 2.05) is 10.9 Å². The van der Waals surface area contributed by atoms with Gasteiger partial charge in [-0.3, -0.25) is 4.68 Å². The Balaban J connectivity index is 1.91. The molecule has 1 unspecified atom stereocenters. The molecule has 0 spiro atoms. The third kappa shape index (κ3) is 2.46. The molecular formula is C13H23N3. The lowest BCUT2D eigenvalue weighted by atomic mass is 9.93. The second kappa shape index (κ2) is 5.48. The van der Waals surface area contributed by atoms with Gasteiger partial charge in [0, 0.05) is 24.3 Å². The molecule has 1 aliphatic carbocycles. The first-order chi connectivity index (χ1) is 7.83. The van der Waals surface area contributed by atoms with Crippen LogP contribution in [0.5, 0.6) is 0 Å². The van der Waals surface area contributed by atoms with Crippen LogP contribution in [0.25, 0.3) is 0 Å². The van der Waals surface area contributed by atoms with Gasteiger partial charge in [0.15, 0.2) is 0 Å². The highest BCUT2D eigenvalue weighted by molar-refractivity contribution is 5.24. The quantitative estimate of drug-likeness (QED) is 0.774. The van der Waals surface area contributed by atoms with E-state index in [1.54, 1.807) is 0 Å². The summed E-state index contributed by atoms with van der Waals surface area (Å²) in [7, 11) is 2.05. The molecule has 3 nitrogen and oxygen atoms in total. The maximum Gasteiger partial charge on any atom is 0.0540 e. The van der Waals surface area contributed by atoms with Crippen molar-refractivity contribution in [2.24, 2.45) is 7.05 Å². The van der Waals surface area contributed by atoms with Gasteiger partial charge >= 0.3 is 0 Å². The van der Waals surface area contributed by atoms with E-state index < -0.39 is 0 Å². The topological polar surface area (TPSA) is 29.9 Å². The highest BCUT2D eigenvalue weighted by atomic mass is 15.3. The molecular weight excluding hydrogens is 198 g/mol. The van der Waals surface area contributed by atoms with E-state index in [4.69, 9.17) is 0 Å². The fourth-order valence-corrected chi connectivity index (χ4v) is 2.57. The van der Waals surface area contributed by atoms with Crippen molar-refractivity contribution in [1.82, 2.24) is 15.1 Å². The number of fused-ring (bicyclic) bond motifs is 1. The summed E-state index contributed by atoms with van der Waals surface area (Å²) in [5.41, 5.74) is 2.87. The average Bonchev–Trinajstić information content (AvgIpc) is 2.68. The van der Waals surface area contributed by atoms with Crippen molar-refractivity contribution in [3.8, 4) is 0 Å². The number of aryl methyl sites for hydroxylation is 1. The number of nitrogens with zero attached hydrogens (tertiary/aromatic N) is 2. The van der Waals surface area contributed by atoms with Gasteiger partial charge in [-0.1, -0.05) is 19.8 Å². The molecule has 1 heterocycles. The predicted molar refractivity (Wildman–Crippen MR) is 66.4 cm³/mol. The van der Waals surface area contributed by atoms with E-state index in [0.29, 0.717) is 6.04 Å². The molecule has 1 aromatic heterocycles. The molecule has 0 radical (unpaired) electrons. The molecule has 1 aromatic rings. The maximum absolute atomic E-state index is 4.37. The highest BCUT2D eigenvalue weighted by Gasteiger charge is 2.22. The van der Waals surface area contributed by atoms with Crippen molar-refractivity contribution in [2.75, 3.05) is 6.54 Å². The highest BCUT2D eigenvalue weighted by Crippen LogP contribution is 2.28. The standard InChI is InChI=1S/C13H23N3/c1-3-4-5-9-14-12-7-6-8-13-11(12)10-15-16(13)2/h10,12,14H,3-9H2,1-2H3. The fraction of sp³-hybridized carbons (Fsp3) is 0.769. The second-order valence-electron chi connectivity index (χ2n) is 4.78. The van der Waals surface area contributed by atoms with E-state index >= 15 is 0 Å². The van der Waals surface area contributed by atoms with Gasteiger partial charge in [0.1, 0.15) is 0 Å². The number of aromatic nitrogens is 2. The van der Waals surface area contributed by atoms with Crippen molar-refractivity contribution in [3.63, 3.8) is 0 Å². The van der Waals surface area contributed by atoms with Crippen LogP contribution in [0.4, 0.5) is 0 Å². The number of rotatable bonds is 5. The Bertz CT molecular complexity index is 330. The molecule has 0 amide bonds. The lowest BCUT2D eigenvalue weighted by Gasteiger charge is -2.23. The van der Waals surface area contributed by atoms with Crippen LogP contribution in [0.15, 0.2) is 6.20 Å². The predicted octanol–water partition coefficient (Wildman–Crippen LogP) is 2.58. The number of hydrogen-bond acceptors (Lipinski definition) is 2. The average molecular weight is 221 g/mol. The number of unbranched alkanes of at least 4 members (excludes halogenated alkanes) is 2. The van der Waals surface area contributed by atoms with Gasteiger partial charge in [-0.25, -0.2) is 0 Å². The first kappa shape index (κ1) is 11.6. The Morgan fingerprint density at radius 1 is 1.50 bits per heavy atom. The van der Waals surface area contributed by atoms with E-state index in [9.17, 15) is 0 Å². The molecule has 0 aliphatic heterocycles. The van der Waals surface area contributed by atoms with Crippen molar-refractivity contribution in [1.29, 1.82) is 0 Å². The summed E-state index contributed by atoms with van der Waals surface area (Å²) in [6.07, 6.45) is 9.72. The molecule has 1 atom stereocenters. The Morgan fingerprint density at radius 3 is 3.19 bits per heavy atom. The zero-order valence-corrected chi connectivity index (χ0v) is 10.5. The zero-order valence-electron chi connectivity index (χ0n) is 10.5. The van der Waals surface area contributed by atoms with Gasteiger partial charge in [-0.05, 0) is 32.2 Å². The van der Waals surface area contributed by atoms with Gasteiger partial charge in [0.05, 0.1) is 6.20 Å². The SMILES string of the molecule is CCCCCNC1CCCc2c1cnn2C. The summed E-state index contributed by atoms with van der Waals surface area (Å²) in [5, 5.41) is 8.04. The largest absolute Gasteiger partial charge is 0.310 e. The van der Waals surface area contributed by atoms with E-state index in [0.717, 1.165) is 6.54 Å². The van der Waals surface area contributed by atoms with Crippen molar-refractivity contribution < 1.29 is 0 Å².